The standard InChI is InChI=1S/C12H22N2O2S2/c1-5-7-13-9-11-12(6-8-17-11)18(15,16)14(4)10(2)3/h6,8,10,13H,5,7,9H2,1-4H3. The Bertz CT molecular complexity index is 466. The zero-order valence-electron chi connectivity index (χ0n) is 11.4. The van der Waals surface area contributed by atoms with Gasteiger partial charge in [0.25, 0.3) is 0 Å². The highest BCUT2D eigenvalue weighted by atomic mass is 32.2. The van der Waals surface area contributed by atoms with E-state index in [1.54, 1.807) is 13.1 Å². The Morgan fingerprint density at radius 2 is 2.11 bits per heavy atom. The van der Waals surface area contributed by atoms with Gasteiger partial charge >= 0.3 is 0 Å². The summed E-state index contributed by atoms with van der Waals surface area (Å²) in [6.07, 6.45) is 1.04. The molecule has 1 N–H and O–H groups in total. The molecule has 0 aromatic carbocycles. The molecule has 4 nitrogen and oxygen atoms in total. The molecule has 1 aromatic heterocycles. The molecule has 104 valence electrons. The van der Waals surface area contributed by atoms with E-state index in [-0.39, 0.29) is 6.04 Å². The van der Waals surface area contributed by atoms with Gasteiger partial charge in [0.2, 0.25) is 10.0 Å². The van der Waals surface area contributed by atoms with Gasteiger partial charge in [-0.3, -0.25) is 0 Å². The third-order valence-corrected chi connectivity index (χ3v) is 5.97. The first kappa shape index (κ1) is 15.6. The number of hydrogen-bond acceptors (Lipinski definition) is 4. The van der Waals surface area contributed by atoms with E-state index in [2.05, 4.69) is 12.2 Å². The monoisotopic (exact) mass is 290 g/mol. The van der Waals surface area contributed by atoms with Crippen molar-refractivity contribution >= 4 is 21.4 Å². The fourth-order valence-electron chi connectivity index (χ4n) is 1.50. The average molecular weight is 290 g/mol. The average Bonchev–Trinajstić information content (AvgIpc) is 2.77. The van der Waals surface area contributed by atoms with Crippen molar-refractivity contribution in [2.24, 2.45) is 0 Å². The van der Waals surface area contributed by atoms with Gasteiger partial charge in [-0.2, -0.15) is 4.31 Å². The van der Waals surface area contributed by atoms with Crippen molar-refractivity contribution in [2.45, 2.75) is 44.7 Å². The van der Waals surface area contributed by atoms with E-state index in [4.69, 9.17) is 0 Å². The summed E-state index contributed by atoms with van der Waals surface area (Å²) in [5, 5.41) is 5.08. The second-order valence-corrected chi connectivity index (χ2v) is 7.47. The van der Waals surface area contributed by atoms with E-state index < -0.39 is 10.0 Å². The fourth-order valence-corrected chi connectivity index (χ4v) is 4.25. The molecule has 1 aromatic rings. The summed E-state index contributed by atoms with van der Waals surface area (Å²) in [7, 11) is -1.73. The number of thiophene rings is 1. The number of nitrogens with zero attached hydrogens (tertiary/aromatic N) is 1. The minimum atomic E-state index is -3.36. The van der Waals surface area contributed by atoms with Crippen LogP contribution in [0.25, 0.3) is 0 Å². The Morgan fingerprint density at radius 1 is 1.44 bits per heavy atom. The molecule has 0 fully saturated rings. The predicted molar refractivity (Wildman–Crippen MR) is 76.4 cm³/mol. The number of rotatable bonds is 7. The summed E-state index contributed by atoms with van der Waals surface area (Å²) in [5.41, 5.74) is 0. The second kappa shape index (κ2) is 6.65. The Morgan fingerprint density at radius 3 is 2.67 bits per heavy atom. The lowest BCUT2D eigenvalue weighted by molar-refractivity contribution is 0.410. The van der Waals surface area contributed by atoms with Gasteiger partial charge in [-0.05, 0) is 38.3 Å². The van der Waals surface area contributed by atoms with Crippen molar-refractivity contribution in [3.8, 4) is 0 Å². The van der Waals surface area contributed by atoms with Crippen LogP contribution in [0.3, 0.4) is 0 Å². The van der Waals surface area contributed by atoms with E-state index >= 15 is 0 Å². The highest BCUT2D eigenvalue weighted by Crippen LogP contribution is 2.25. The number of sulfonamides is 1. The molecule has 0 bridgehead atoms. The van der Waals surface area contributed by atoms with Crippen LogP contribution in [0.4, 0.5) is 0 Å². The summed E-state index contributed by atoms with van der Waals surface area (Å²) < 4.78 is 26.2. The lowest BCUT2D eigenvalue weighted by Gasteiger charge is -2.21. The summed E-state index contributed by atoms with van der Waals surface area (Å²) >= 11 is 1.49. The van der Waals surface area contributed by atoms with E-state index in [0.717, 1.165) is 17.8 Å². The molecule has 0 spiro atoms. The van der Waals surface area contributed by atoms with Crippen molar-refractivity contribution in [3.63, 3.8) is 0 Å². The van der Waals surface area contributed by atoms with Crippen LogP contribution in [0.15, 0.2) is 16.3 Å². The molecule has 1 rings (SSSR count). The molecular weight excluding hydrogens is 268 g/mol. The maximum atomic E-state index is 12.4. The van der Waals surface area contributed by atoms with Crippen LogP contribution in [-0.2, 0) is 16.6 Å². The summed E-state index contributed by atoms with van der Waals surface area (Å²) in [5.74, 6) is 0. The second-order valence-electron chi connectivity index (χ2n) is 4.50. The molecule has 0 saturated carbocycles. The zero-order valence-corrected chi connectivity index (χ0v) is 13.1. The van der Waals surface area contributed by atoms with E-state index in [1.165, 1.54) is 15.6 Å². The van der Waals surface area contributed by atoms with Crippen molar-refractivity contribution in [2.75, 3.05) is 13.6 Å². The van der Waals surface area contributed by atoms with Gasteiger partial charge in [0.15, 0.2) is 0 Å². The van der Waals surface area contributed by atoms with Crippen LogP contribution < -0.4 is 5.32 Å². The van der Waals surface area contributed by atoms with Crippen LogP contribution in [0, 0.1) is 0 Å². The first-order valence-corrected chi connectivity index (χ1v) is 8.48. The molecule has 0 unspecified atom stereocenters. The van der Waals surface area contributed by atoms with E-state index in [0.29, 0.717) is 11.4 Å². The third kappa shape index (κ3) is 3.54. The smallest absolute Gasteiger partial charge is 0.244 e. The topological polar surface area (TPSA) is 49.4 Å². The molecule has 18 heavy (non-hydrogen) atoms. The predicted octanol–water partition coefficient (Wildman–Crippen LogP) is 2.28. The molecule has 0 aliphatic carbocycles. The van der Waals surface area contributed by atoms with Crippen molar-refractivity contribution in [1.29, 1.82) is 0 Å². The van der Waals surface area contributed by atoms with E-state index in [1.807, 2.05) is 19.2 Å². The normalized spacial score (nSPS) is 12.6. The Balaban J connectivity index is 2.93. The largest absolute Gasteiger partial charge is 0.312 e. The van der Waals surface area contributed by atoms with E-state index in [9.17, 15) is 8.42 Å². The van der Waals surface area contributed by atoms with Gasteiger partial charge < -0.3 is 5.32 Å². The number of hydrogen-bond donors (Lipinski definition) is 1. The van der Waals surface area contributed by atoms with Crippen molar-refractivity contribution < 1.29 is 8.42 Å². The van der Waals surface area contributed by atoms with Crippen molar-refractivity contribution in [1.82, 2.24) is 9.62 Å². The van der Waals surface area contributed by atoms with Gasteiger partial charge in [0.1, 0.15) is 0 Å². The quantitative estimate of drug-likeness (QED) is 0.784. The first-order valence-electron chi connectivity index (χ1n) is 6.16. The summed E-state index contributed by atoms with van der Waals surface area (Å²) in [6, 6.07) is 1.66. The Kier molecular flexibility index (Phi) is 5.78. The van der Waals surface area contributed by atoms with Crippen LogP contribution in [0.5, 0.6) is 0 Å². The van der Waals surface area contributed by atoms with Gasteiger partial charge in [-0.15, -0.1) is 11.3 Å². The number of nitrogens with one attached hydrogen (secondary N) is 1. The summed E-state index contributed by atoms with van der Waals surface area (Å²) in [4.78, 5) is 1.32. The van der Waals surface area contributed by atoms with Crippen LogP contribution in [0.1, 0.15) is 32.1 Å². The molecule has 0 saturated heterocycles. The molecule has 0 amide bonds. The molecule has 0 atom stereocenters. The molecular formula is C12H22N2O2S2. The highest BCUT2D eigenvalue weighted by molar-refractivity contribution is 7.89. The van der Waals surface area contributed by atoms with Crippen LogP contribution >= 0.6 is 11.3 Å². The van der Waals surface area contributed by atoms with Gasteiger partial charge in [0.05, 0.1) is 4.90 Å². The fraction of sp³-hybridized carbons (Fsp3) is 0.667. The van der Waals surface area contributed by atoms with Crippen molar-refractivity contribution in [3.05, 3.63) is 16.3 Å². The molecule has 1 heterocycles. The lowest BCUT2D eigenvalue weighted by Crippen LogP contribution is -2.33. The zero-order chi connectivity index (χ0) is 13.8. The lowest BCUT2D eigenvalue weighted by atomic mass is 10.4. The maximum absolute atomic E-state index is 12.4. The third-order valence-electron chi connectivity index (χ3n) is 2.80. The van der Waals surface area contributed by atoms with Crippen LogP contribution in [-0.4, -0.2) is 32.4 Å². The maximum Gasteiger partial charge on any atom is 0.244 e. The SMILES string of the molecule is CCCNCc1sccc1S(=O)(=O)N(C)C(C)C. The Labute approximate surface area is 114 Å². The first-order chi connectivity index (χ1) is 8.41. The minimum Gasteiger partial charge on any atom is -0.312 e. The Hall–Kier alpha value is -0.430. The van der Waals surface area contributed by atoms with Gasteiger partial charge in [-0.1, -0.05) is 6.92 Å². The van der Waals surface area contributed by atoms with Gasteiger partial charge in [0, 0.05) is 24.5 Å². The van der Waals surface area contributed by atoms with Gasteiger partial charge in [-0.25, -0.2) is 8.42 Å². The molecule has 0 aliphatic heterocycles. The van der Waals surface area contributed by atoms with Crippen LogP contribution in [0.2, 0.25) is 0 Å². The minimum absolute atomic E-state index is 0.0358. The highest BCUT2D eigenvalue weighted by Gasteiger charge is 2.26. The molecule has 0 radical (unpaired) electrons. The molecule has 6 heteroatoms. The summed E-state index contributed by atoms with van der Waals surface area (Å²) in [6.45, 7) is 7.35. The molecule has 0 aliphatic rings.